The van der Waals surface area contributed by atoms with Crippen LogP contribution in [0.25, 0.3) is 0 Å². The van der Waals surface area contributed by atoms with E-state index in [0.717, 1.165) is 81.7 Å². The highest BCUT2D eigenvalue weighted by atomic mass is 15.2. The number of aromatic nitrogens is 3. The van der Waals surface area contributed by atoms with Gasteiger partial charge in [-0.25, -0.2) is 9.97 Å². The summed E-state index contributed by atoms with van der Waals surface area (Å²) >= 11 is 0. The molecule has 1 fully saturated rings. The Balaban J connectivity index is 1.41. The van der Waals surface area contributed by atoms with Crippen LogP contribution >= 0.6 is 0 Å². The van der Waals surface area contributed by atoms with Crippen molar-refractivity contribution in [2.24, 2.45) is 4.99 Å². The summed E-state index contributed by atoms with van der Waals surface area (Å²) in [5, 5.41) is 7.02. The van der Waals surface area contributed by atoms with Crippen molar-refractivity contribution in [2.45, 2.75) is 59.0 Å². The first-order chi connectivity index (χ1) is 14.2. The third-order valence-corrected chi connectivity index (χ3v) is 5.38. The molecule has 1 saturated heterocycles. The van der Waals surface area contributed by atoms with Gasteiger partial charge in [0.2, 0.25) is 0 Å². The van der Waals surface area contributed by atoms with Gasteiger partial charge < -0.3 is 20.1 Å². The fourth-order valence-electron chi connectivity index (χ4n) is 3.70. The van der Waals surface area contributed by atoms with Gasteiger partial charge in [0.1, 0.15) is 11.6 Å². The van der Waals surface area contributed by atoms with Crippen LogP contribution in [-0.4, -0.2) is 52.7 Å². The fourth-order valence-corrected chi connectivity index (χ4v) is 3.70. The van der Waals surface area contributed by atoms with Crippen molar-refractivity contribution in [1.29, 1.82) is 0 Å². The summed E-state index contributed by atoms with van der Waals surface area (Å²) in [6.45, 7) is 11.0. The Labute approximate surface area is 174 Å². The van der Waals surface area contributed by atoms with Crippen molar-refractivity contribution in [3.63, 3.8) is 0 Å². The average molecular weight is 398 g/mol. The van der Waals surface area contributed by atoms with E-state index < -0.39 is 0 Å². The molecular formula is C22H35N7. The lowest BCUT2D eigenvalue weighted by atomic mass is 10.1. The molecular weight excluding hydrogens is 362 g/mol. The van der Waals surface area contributed by atoms with Crippen LogP contribution in [0.5, 0.6) is 0 Å². The number of unbranched alkanes of at least 4 members (excludes halogenated alkanes) is 1. The summed E-state index contributed by atoms with van der Waals surface area (Å²) in [4.78, 5) is 16.1. The van der Waals surface area contributed by atoms with Gasteiger partial charge in [-0.15, -0.1) is 0 Å². The molecule has 7 heteroatoms. The average Bonchev–Trinajstić information content (AvgIpc) is 3.13. The SMILES string of the molecule is CCNC(=NCCCCn1ccnc1C)NC1CCN(c2cccc(C)n2)CC1. The van der Waals surface area contributed by atoms with Gasteiger partial charge in [0.15, 0.2) is 5.96 Å². The van der Waals surface area contributed by atoms with Crippen LogP contribution in [0.1, 0.15) is 44.1 Å². The molecule has 7 nitrogen and oxygen atoms in total. The molecule has 0 amide bonds. The van der Waals surface area contributed by atoms with E-state index in [1.807, 2.05) is 32.3 Å². The molecule has 158 valence electrons. The molecule has 0 aliphatic carbocycles. The number of piperidine rings is 1. The summed E-state index contributed by atoms with van der Waals surface area (Å²) in [5.41, 5.74) is 1.08. The van der Waals surface area contributed by atoms with Crippen LogP contribution in [-0.2, 0) is 6.54 Å². The lowest BCUT2D eigenvalue weighted by Crippen LogP contribution is -2.49. The number of aryl methyl sites for hydroxylation is 3. The van der Waals surface area contributed by atoms with Crippen LogP contribution in [0.2, 0.25) is 0 Å². The highest BCUT2D eigenvalue weighted by molar-refractivity contribution is 5.80. The molecule has 1 aliphatic rings. The lowest BCUT2D eigenvalue weighted by molar-refractivity contribution is 0.459. The maximum absolute atomic E-state index is 4.78. The molecule has 3 heterocycles. The number of imidazole rings is 1. The van der Waals surface area contributed by atoms with Crippen molar-refractivity contribution in [3.8, 4) is 0 Å². The van der Waals surface area contributed by atoms with Crippen molar-refractivity contribution in [3.05, 3.63) is 42.1 Å². The highest BCUT2D eigenvalue weighted by Crippen LogP contribution is 2.18. The minimum atomic E-state index is 0.461. The van der Waals surface area contributed by atoms with E-state index in [1.165, 1.54) is 0 Å². The maximum Gasteiger partial charge on any atom is 0.191 e. The normalized spacial score (nSPS) is 15.6. The maximum atomic E-state index is 4.78. The van der Waals surface area contributed by atoms with Crippen molar-refractivity contribution in [2.75, 3.05) is 31.1 Å². The standard InChI is InChI=1S/C22H35N7/c1-4-23-22(25-12-5-6-14-28-17-13-24-19(28)3)27-20-10-15-29(16-11-20)21-9-7-8-18(2)26-21/h7-9,13,17,20H,4-6,10-12,14-16H2,1-3H3,(H2,23,25,27). The van der Waals surface area contributed by atoms with E-state index in [1.54, 1.807) is 0 Å². The van der Waals surface area contributed by atoms with Gasteiger partial charge in [-0.1, -0.05) is 6.07 Å². The number of hydrogen-bond acceptors (Lipinski definition) is 4. The molecule has 3 rings (SSSR count). The van der Waals surface area contributed by atoms with Gasteiger partial charge in [-0.05, 0) is 58.6 Å². The summed E-state index contributed by atoms with van der Waals surface area (Å²) < 4.78 is 2.20. The lowest BCUT2D eigenvalue weighted by Gasteiger charge is -2.34. The first-order valence-electron chi connectivity index (χ1n) is 10.9. The summed E-state index contributed by atoms with van der Waals surface area (Å²) in [5.74, 6) is 3.12. The third kappa shape index (κ3) is 6.48. The molecule has 0 saturated carbocycles. The minimum absolute atomic E-state index is 0.461. The van der Waals surface area contributed by atoms with Gasteiger partial charge in [0.25, 0.3) is 0 Å². The van der Waals surface area contributed by atoms with Crippen LogP contribution < -0.4 is 15.5 Å². The monoisotopic (exact) mass is 397 g/mol. The number of pyridine rings is 1. The van der Waals surface area contributed by atoms with E-state index in [0.29, 0.717) is 6.04 Å². The van der Waals surface area contributed by atoms with E-state index in [2.05, 4.69) is 49.1 Å². The molecule has 2 aromatic heterocycles. The second-order valence-electron chi connectivity index (χ2n) is 7.68. The second kappa shape index (κ2) is 10.8. The molecule has 2 aromatic rings. The summed E-state index contributed by atoms with van der Waals surface area (Å²) in [6.07, 6.45) is 8.29. The number of nitrogens with zero attached hydrogens (tertiary/aromatic N) is 5. The first-order valence-corrected chi connectivity index (χ1v) is 10.9. The summed E-state index contributed by atoms with van der Waals surface area (Å²) in [6, 6.07) is 6.71. The zero-order chi connectivity index (χ0) is 20.5. The molecule has 0 radical (unpaired) electrons. The van der Waals surface area contributed by atoms with E-state index in [-0.39, 0.29) is 0 Å². The predicted molar refractivity (Wildman–Crippen MR) is 120 cm³/mol. The zero-order valence-electron chi connectivity index (χ0n) is 18.1. The highest BCUT2D eigenvalue weighted by Gasteiger charge is 2.20. The van der Waals surface area contributed by atoms with Crippen LogP contribution in [0.3, 0.4) is 0 Å². The van der Waals surface area contributed by atoms with E-state index in [4.69, 9.17) is 4.99 Å². The van der Waals surface area contributed by atoms with Crippen molar-refractivity contribution >= 4 is 11.8 Å². The number of hydrogen-bond donors (Lipinski definition) is 2. The molecule has 0 unspecified atom stereocenters. The minimum Gasteiger partial charge on any atom is -0.357 e. The predicted octanol–water partition coefficient (Wildman–Crippen LogP) is 2.90. The Morgan fingerprint density at radius 2 is 2.03 bits per heavy atom. The van der Waals surface area contributed by atoms with Gasteiger partial charge in [-0.2, -0.15) is 0 Å². The fraction of sp³-hybridized carbons (Fsp3) is 0.591. The van der Waals surface area contributed by atoms with Crippen molar-refractivity contribution < 1.29 is 0 Å². The zero-order valence-corrected chi connectivity index (χ0v) is 18.1. The smallest absolute Gasteiger partial charge is 0.191 e. The Hall–Kier alpha value is -2.57. The second-order valence-corrected chi connectivity index (χ2v) is 7.68. The largest absolute Gasteiger partial charge is 0.357 e. The topological polar surface area (TPSA) is 70.4 Å². The molecule has 1 aliphatic heterocycles. The first kappa shape index (κ1) is 21.1. The van der Waals surface area contributed by atoms with Crippen LogP contribution in [0.15, 0.2) is 35.6 Å². The Morgan fingerprint density at radius 1 is 1.21 bits per heavy atom. The quantitative estimate of drug-likeness (QED) is 0.407. The molecule has 0 atom stereocenters. The number of guanidine groups is 1. The molecule has 29 heavy (non-hydrogen) atoms. The van der Waals surface area contributed by atoms with Gasteiger partial charge in [-0.3, -0.25) is 4.99 Å². The Morgan fingerprint density at radius 3 is 2.72 bits per heavy atom. The van der Waals surface area contributed by atoms with Crippen LogP contribution in [0.4, 0.5) is 5.82 Å². The van der Waals surface area contributed by atoms with E-state index in [9.17, 15) is 0 Å². The number of nitrogens with one attached hydrogen (secondary N) is 2. The number of rotatable bonds is 8. The Kier molecular flexibility index (Phi) is 7.90. The molecule has 2 N–H and O–H groups in total. The Bertz CT molecular complexity index is 775. The van der Waals surface area contributed by atoms with Crippen molar-refractivity contribution in [1.82, 2.24) is 25.2 Å². The van der Waals surface area contributed by atoms with E-state index >= 15 is 0 Å². The van der Waals surface area contributed by atoms with Gasteiger partial charge in [0.05, 0.1) is 0 Å². The molecule has 0 aromatic carbocycles. The number of aliphatic imine (C=N–C) groups is 1. The number of anilines is 1. The summed E-state index contributed by atoms with van der Waals surface area (Å²) in [7, 11) is 0. The van der Waals surface area contributed by atoms with Gasteiger partial charge >= 0.3 is 0 Å². The molecule has 0 bridgehead atoms. The van der Waals surface area contributed by atoms with Gasteiger partial charge in [0, 0.05) is 56.9 Å². The molecule has 0 spiro atoms. The van der Waals surface area contributed by atoms with Crippen LogP contribution in [0, 0.1) is 13.8 Å². The third-order valence-electron chi connectivity index (χ3n) is 5.38.